The van der Waals surface area contributed by atoms with Gasteiger partial charge in [0.25, 0.3) is 0 Å². The molecule has 0 aliphatic carbocycles. The normalized spacial score (nSPS) is 22.2. The molecule has 0 bridgehead atoms. The largest absolute Gasteiger partial charge is 0.378 e. The van der Waals surface area contributed by atoms with Crippen molar-refractivity contribution in [1.82, 2.24) is 0 Å². The summed E-state index contributed by atoms with van der Waals surface area (Å²) in [6, 6.07) is 5.37. The molecular weight excluding hydrogens is 246 g/mol. The van der Waals surface area contributed by atoms with Gasteiger partial charge in [0.05, 0.1) is 11.8 Å². The quantitative estimate of drug-likeness (QED) is 0.885. The van der Waals surface area contributed by atoms with E-state index in [0.717, 1.165) is 11.3 Å². The maximum absolute atomic E-state index is 11.2. The van der Waals surface area contributed by atoms with Gasteiger partial charge in [-0.25, -0.2) is 8.42 Å². The molecule has 16 heavy (non-hydrogen) atoms. The highest BCUT2D eigenvalue weighted by molar-refractivity contribution is 7.94. The van der Waals surface area contributed by atoms with E-state index in [1.54, 1.807) is 6.08 Å². The molecule has 2 rings (SSSR count). The van der Waals surface area contributed by atoms with Gasteiger partial charge in [-0.3, -0.25) is 0 Å². The zero-order chi connectivity index (χ0) is 11.8. The minimum absolute atomic E-state index is 0.110. The van der Waals surface area contributed by atoms with Crippen LogP contribution in [0.4, 0.5) is 5.69 Å². The van der Waals surface area contributed by atoms with E-state index in [4.69, 9.17) is 11.6 Å². The van der Waals surface area contributed by atoms with Gasteiger partial charge in [-0.15, -0.1) is 0 Å². The van der Waals surface area contributed by atoms with E-state index < -0.39 is 9.84 Å². The summed E-state index contributed by atoms with van der Waals surface area (Å²) in [6.45, 7) is 1.90. The Morgan fingerprint density at radius 3 is 2.81 bits per heavy atom. The highest BCUT2D eigenvalue weighted by Gasteiger charge is 2.21. The number of sulfone groups is 1. The maximum Gasteiger partial charge on any atom is 0.173 e. The van der Waals surface area contributed by atoms with E-state index in [1.165, 1.54) is 5.41 Å². The monoisotopic (exact) mass is 257 g/mol. The lowest BCUT2D eigenvalue weighted by Crippen LogP contribution is -2.21. The summed E-state index contributed by atoms with van der Waals surface area (Å²) in [5.41, 5.74) is 1.81. The Morgan fingerprint density at radius 1 is 1.44 bits per heavy atom. The molecule has 0 spiro atoms. The third kappa shape index (κ3) is 2.39. The van der Waals surface area contributed by atoms with Gasteiger partial charge in [0.2, 0.25) is 0 Å². The summed E-state index contributed by atoms with van der Waals surface area (Å²) in [5, 5.41) is 5.09. The van der Waals surface area contributed by atoms with Crippen molar-refractivity contribution in [2.45, 2.75) is 13.0 Å². The highest BCUT2D eigenvalue weighted by Crippen LogP contribution is 2.24. The third-order valence-electron chi connectivity index (χ3n) is 2.54. The number of hydrogen-bond acceptors (Lipinski definition) is 3. The zero-order valence-corrected chi connectivity index (χ0v) is 10.3. The van der Waals surface area contributed by atoms with E-state index in [-0.39, 0.29) is 11.8 Å². The zero-order valence-electron chi connectivity index (χ0n) is 8.77. The summed E-state index contributed by atoms with van der Waals surface area (Å²) in [4.78, 5) is 0. The minimum atomic E-state index is -3.01. The molecule has 1 unspecified atom stereocenters. The van der Waals surface area contributed by atoms with Gasteiger partial charge in [-0.1, -0.05) is 23.7 Å². The van der Waals surface area contributed by atoms with Crippen LogP contribution in [0.3, 0.4) is 0 Å². The molecule has 1 aromatic carbocycles. The van der Waals surface area contributed by atoms with Crippen LogP contribution in [-0.2, 0) is 9.84 Å². The molecule has 0 fully saturated rings. The van der Waals surface area contributed by atoms with Gasteiger partial charge < -0.3 is 5.32 Å². The number of anilines is 1. The lowest BCUT2D eigenvalue weighted by atomic mass is 10.2. The van der Waals surface area contributed by atoms with Crippen molar-refractivity contribution in [3.63, 3.8) is 0 Å². The molecule has 1 heterocycles. The van der Waals surface area contributed by atoms with Gasteiger partial charge in [-0.2, -0.15) is 0 Å². The molecule has 1 aliphatic rings. The Balaban J connectivity index is 2.17. The Kier molecular flexibility index (Phi) is 2.95. The van der Waals surface area contributed by atoms with Crippen molar-refractivity contribution in [2.24, 2.45) is 0 Å². The topological polar surface area (TPSA) is 46.2 Å². The summed E-state index contributed by atoms with van der Waals surface area (Å²) >= 11 is 5.98. The standard InChI is InChI=1S/C11H12ClNO2S/c1-8-10(12)3-2-4-11(8)13-9-5-6-16(14,15)7-9/h2-6,9,13H,7H2,1H3. The Labute approximate surface area is 100 Å². The molecule has 86 valence electrons. The second kappa shape index (κ2) is 4.11. The molecule has 5 heteroatoms. The summed E-state index contributed by atoms with van der Waals surface area (Å²) < 4.78 is 22.5. The smallest absolute Gasteiger partial charge is 0.173 e. The van der Waals surface area contributed by atoms with Crippen molar-refractivity contribution >= 4 is 27.1 Å². The molecule has 0 saturated carbocycles. The maximum atomic E-state index is 11.2. The first-order valence-corrected chi connectivity index (χ1v) is 7.00. The second-order valence-corrected chi connectivity index (χ2v) is 6.16. The molecule has 3 nitrogen and oxygen atoms in total. The second-order valence-electron chi connectivity index (χ2n) is 3.82. The molecule has 1 aliphatic heterocycles. The molecule has 0 aromatic heterocycles. The van der Waals surface area contributed by atoms with Crippen LogP contribution in [0.15, 0.2) is 29.7 Å². The molecule has 1 atom stereocenters. The number of rotatable bonds is 2. The van der Waals surface area contributed by atoms with Crippen molar-refractivity contribution in [3.05, 3.63) is 40.3 Å². The molecule has 0 saturated heterocycles. The van der Waals surface area contributed by atoms with Gasteiger partial charge in [0.15, 0.2) is 9.84 Å². The van der Waals surface area contributed by atoms with E-state index in [0.29, 0.717) is 5.02 Å². The fourth-order valence-electron chi connectivity index (χ4n) is 1.63. The van der Waals surface area contributed by atoms with E-state index in [1.807, 2.05) is 25.1 Å². The lowest BCUT2D eigenvalue weighted by molar-refractivity contribution is 0.605. The average Bonchev–Trinajstić information content (AvgIpc) is 2.53. The number of benzene rings is 1. The Hall–Kier alpha value is -1.00. The van der Waals surface area contributed by atoms with E-state index >= 15 is 0 Å². The van der Waals surface area contributed by atoms with Crippen molar-refractivity contribution in [1.29, 1.82) is 0 Å². The number of hydrogen-bond donors (Lipinski definition) is 1. The van der Waals surface area contributed by atoms with Crippen LogP contribution in [0.2, 0.25) is 5.02 Å². The Bertz CT molecular complexity index is 537. The first-order valence-electron chi connectivity index (χ1n) is 4.90. The van der Waals surface area contributed by atoms with Gasteiger partial charge >= 0.3 is 0 Å². The lowest BCUT2D eigenvalue weighted by Gasteiger charge is -2.14. The fraction of sp³-hybridized carbons (Fsp3) is 0.273. The van der Waals surface area contributed by atoms with Crippen LogP contribution in [0, 0.1) is 6.92 Å². The van der Waals surface area contributed by atoms with E-state index in [2.05, 4.69) is 5.32 Å². The van der Waals surface area contributed by atoms with E-state index in [9.17, 15) is 8.42 Å². The molecule has 0 radical (unpaired) electrons. The number of halogens is 1. The van der Waals surface area contributed by atoms with Crippen LogP contribution in [0.1, 0.15) is 5.56 Å². The SMILES string of the molecule is Cc1c(Cl)cccc1NC1C=CS(=O)(=O)C1. The molecule has 1 aromatic rings. The predicted octanol–water partition coefficient (Wildman–Crippen LogP) is 2.37. The van der Waals surface area contributed by atoms with Crippen molar-refractivity contribution < 1.29 is 8.42 Å². The summed E-state index contributed by atoms with van der Waals surface area (Å²) in [5.74, 6) is 0.110. The van der Waals surface area contributed by atoms with Crippen LogP contribution in [-0.4, -0.2) is 20.2 Å². The molecular formula is C11H12ClNO2S. The average molecular weight is 258 g/mol. The predicted molar refractivity (Wildman–Crippen MR) is 66.5 cm³/mol. The number of nitrogens with one attached hydrogen (secondary N) is 1. The minimum Gasteiger partial charge on any atom is -0.378 e. The Morgan fingerprint density at radius 2 is 2.19 bits per heavy atom. The van der Waals surface area contributed by atoms with Crippen LogP contribution in [0.5, 0.6) is 0 Å². The summed E-state index contributed by atoms with van der Waals surface area (Å²) in [7, 11) is -3.01. The van der Waals surface area contributed by atoms with Crippen LogP contribution < -0.4 is 5.32 Å². The van der Waals surface area contributed by atoms with Gasteiger partial charge in [0, 0.05) is 16.1 Å². The third-order valence-corrected chi connectivity index (χ3v) is 4.34. The molecule has 1 N–H and O–H groups in total. The van der Waals surface area contributed by atoms with Crippen molar-refractivity contribution in [3.8, 4) is 0 Å². The van der Waals surface area contributed by atoms with Crippen LogP contribution >= 0.6 is 11.6 Å². The van der Waals surface area contributed by atoms with Gasteiger partial charge in [0.1, 0.15) is 0 Å². The van der Waals surface area contributed by atoms with Crippen LogP contribution in [0.25, 0.3) is 0 Å². The molecule has 0 amide bonds. The first kappa shape index (κ1) is 11.5. The highest BCUT2D eigenvalue weighted by atomic mass is 35.5. The van der Waals surface area contributed by atoms with Crippen molar-refractivity contribution in [2.75, 3.05) is 11.1 Å². The first-order chi connectivity index (χ1) is 7.48. The summed E-state index contributed by atoms with van der Waals surface area (Å²) in [6.07, 6.45) is 1.66. The fourth-order valence-corrected chi connectivity index (χ4v) is 3.04. The van der Waals surface area contributed by atoms with Gasteiger partial charge in [-0.05, 0) is 24.6 Å².